The molecule has 7 nitrogen and oxygen atoms in total. The van der Waals surface area contributed by atoms with Gasteiger partial charge in [-0.25, -0.2) is 4.98 Å². The van der Waals surface area contributed by atoms with Crippen molar-refractivity contribution in [3.8, 4) is 5.69 Å². The molecule has 0 unspecified atom stereocenters. The van der Waals surface area contributed by atoms with E-state index in [4.69, 9.17) is 11.6 Å². The van der Waals surface area contributed by atoms with Gasteiger partial charge in [-0.05, 0) is 36.8 Å². The number of nitrogens with zero attached hydrogens (tertiary/aromatic N) is 3. The standard InChI is InChI=1S/C21H17ClN4O3/c22-17-12-14(7-8-18(17)25-11-9-23-13-25)24-19(27)6-3-10-26-20(28)15-4-1-2-5-16(15)21(26)29/h1-2,4-5,7-9,11-13H,3,6,10H2,(H,24,27). The van der Waals surface area contributed by atoms with E-state index in [9.17, 15) is 14.4 Å². The average molecular weight is 409 g/mol. The van der Waals surface area contributed by atoms with Crippen LogP contribution in [-0.4, -0.2) is 38.7 Å². The van der Waals surface area contributed by atoms with Crippen molar-refractivity contribution in [2.45, 2.75) is 12.8 Å². The summed E-state index contributed by atoms with van der Waals surface area (Å²) in [4.78, 5) is 42.1. The van der Waals surface area contributed by atoms with Crippen LogP contribution in [0.5, 0.6) is 0 Å². The quantitative estimate of drug-likeness (QED) is 0.632. The number of fused-ring (bicyclic) bond motifs is 1. The summed E-state index contributed by atoms with van der Waals surface area (Å²) in [6.07, 6.45) is 5.62. The molecule has 8 heteroatoms. The third-order valence-corrected chi connectivity index (χ3v) is 4.98. The fourth-order valence-electron chi connectivity index (χ4n) is 3.26. The summed E-state index contributed by atoms with van der Waals surface area (Å²) in [5, 5.41) is 3.26. The number of carbonyl (C=O) groups is 3. The third-order valence-electron chi connectivity index (χ3n) is 4.68. The van der Waals surface area contributed by atoms with E-state index in [1.807, 2.05) is 0 Å². The summed E-state index contributed by atoms with van der Waals surface area (Å²) >= 11 is 6.29. The number of aromatic nitrogens is 2. The first-order chi connectivity index (χ1) is 14.0. The summed E-state index contributed by atoms with van der Waals surface area (Å²) in [7, 11) is 0. The molecule has 1 N–H and O–H groups in total. The SMILES string of the molecule is O=C(CCCN1C(=O)c2ccccc2C1=O)Nc1ccc(-n2ccnc2)c(Cl)c1. The number of carbonyl (C=O) groups excluding carboxylic acids is 3. The van der Waals surface area contributed by atoms with Crippen LogP contribution in [-0.2, 0) is 4.79 Å². The molecule has 0 atom stereocenters. The number of imide groups is 1. The number of anilines is 1. The lowest BCUT2D eigenvalue weighted by Crippen LogP contribution is -2.31. The van der Waals surface area contributed by atoms with E-state index in [-0.39, 0.29) is 30.7 Å². The molecule has 146 valence electrons. The van der Waals surface area contributed by atoms with Gasteiger partial charge in [0.15, 0.2) is 0 Å². The van der Waals surface area contributed by atoms with Gasteiger partial charge in [0.25, 0.3) is 11.8 Å². The van der Waals surface area contributed by atoms with Gasteiger partial charge in [0.05, 0.1) is 28.2 Å². The van der Waals surface area contributed by atoms with Crippen LogP contribution in [0.1, 0.15) is 33.6 Å². The van der Waals surface area contributed by atoms with Crippen molar-refractivity contribution in [3.63, 3.8) is 0 Å². The van der Waals surface area contributed by atoms with Crippen molar-refractivity contribution in [1.29, 1.82) is 0 Å². The van der Waals surface area contributed by atoms with Gasteiger partial charge in [-0.15, -0.1) is 0 Å². The molecule has 0 fully saturated rings. The second-order valence-corrected chi connectivity index (χ2v) is 7.00. The molecule has 0 spiro atoms. The van der Waals surface area contributed by atoms with Gasteiger partial charge in [0.2, 0.25) is 5.91 Å². The molecular weight excluding hydrogens is 392 g/mol. The first-order valence-electron chi connectivity index (χ1n) is 9.07. The van der Waals surface area contributed by atoms with Gasteiger partial charge < -0.3 is 9.88 Å². The second-order valence-electron chi connectivity index (χ2n) is 6.60. The van der Waals surface area contributed by atoms with E-state index in [0.717, 1.165) is 5.69 Å². The molecular formula is C21H17ClN4O3. The van der Waals surface area contributed by atoms with Crippen molar-refractivity contribution in [3.05, 3.63) is 77.3 Å². The van der Waals surface area contributed by atoms with Crippen LogP contribution in [0, 0.1) is 0 Å². The average Bonchev–Trinajstić information content (AvgIpc) is 3.32. The molecule has 3 aromatic rings. The zero-order valence-corrected chi connectivity index (χ0v) is 16.1. The Balaban J connectivity index is 1.32. The zero-order chi connectivity index (χ0) is 20.4. The Hall–Kier alpha value is -3.45. The first-order valence-corrected chi connectivity index (χ1v) is 9.45. The number of benzene rings is 2. The van der Waals surface area contributed by atoms with Gasteiger partial charge in [-0.3, -0.25) is 19.3 Å². The summed E-state index contributed by atoms with van der Waals surface area (Å²) in [6.45, 7) is 0.195. The molecule has 4 rings (SSSR count). The molecule has 0 bridgehead atoms. The molecule has 3 amide bonds. The molecule has 2 aromatic carbocycles. The van der Waals surface area contributed by atoms with E-state index in [1.165, 1.54) is 4.90 Å². The van der Waals surface area contributed by atoms with Crippen LogP contribution in [0.15, 0.2) is 61.2 Å². The fourth-order valence-corrected chi connectivity index (χ4v) is 3.54. The Morgan fingerprint density at radius 2 is 1.79 bits per heavy atom. The van der Waals surface area contributed by atoms with Crippen molar-refractivity contribution < 1.29 is 14.4 Å². The number of hydrogen-bond donors (Lipinski definition) is 1. The maximum atomic E-state index is 12.3. The Morgan fingerprint density at radius 3 is 2.41 bits per heavy atom. The summed E-state index contributed by atoms with van der Waals surface area (Å²) in [5.41, 5.74) is 2.15. The molecule has 1 aliphatic heterocycles. The molecule has 0 aliphatic carbocycles. The van der Waals surface area contributed by atoms with Gasteiger partial charge in [0.1, 0.15) is 0 Å². The topological polar surface area (TPSA) is 84.3 Å². The van der Waals surface area contributed by atoms with Gasteiger partial charge in [-0.1, -0.05) is 23.7 Å². The molecule has 0 saturated heterocycles. The zero-order valence-electron chi connectivity index (χ0n) is 15.3. The van der Waals surface area contributed by atoms with E-state index in [0.29, 0.717) is 28.3 Å². The Morgan fingerprint density at radius 1 is 1.07 bits per heavy atom. The highest BCUT2D eigenvalue weighted by Crippen LogP contribution is 2.25. The van der Waals surface area contributed by atoms with Gasteiger partial charge in [0, 0.05) is 31.0 Å². The first kappa shape index (κ1) is 18.9. The van der Waals surface area contributed by atoms with Crippen LogP contribution in [0.2, 0.25) is 5.02 Å². The Kier molecular flexibility index (Phi) is 5.14. The number of nitrogens with one attached hydrogen (secondary N) is 1. The third kappa shape index (κ3) is 3.77. The minimum absolute atomic E-state index is 0.175. The molecule has 0 radical (unpaired) electrons. The molecule has 0 saturated carbocycles. The lowest BCUT2D eigenvalue weighted by molar-refractivity contribution is -0.116. The monoisotopic (exact) mass is 408 g/mol. The number of hydrogen-bond acceptors (Lipinski definition) is 4. The summed E-state index contributed by atoms with van der Waals surface area (Å²) in [5.74, 6) is -0.839. The predicted molar refractivity (Wildman–Crippen MR) is 108 cm³/mol. The lowest BCUT2D eigenvalue weighted by Gasteiger charge is -2.13. The van der Waals surface area contributed by atoms with E-state index >= 15 is 0 Å². The van der Waals surface area contributed by atoms with Gasteiger partial charge >= 0.3 is 0 Å². The van der Waals surface area contributed by atoms with E-state index in [1.54, 1.807) is 65.8 Å². The largest absolute Gasteiger partial charge is 0.326 e. The highest BCUT2D eigenvalue weighted by molar-refractivity contribution is 6.32. The van der Waals surface area contributed by atoms with Crippen LogP contribution >= 0.6 is 11.6 Å². The minimum atomic E-state index is -0.312. The van der Waals surface area contributed by atoms with Crippen molar-refractivity contribution in [2.75, 3.05) is 11.9 Å². The fraction of sp³-hybridized carbons (Fsp3) is 0.143. The van der Waals surface area contributed by atoms with Gasteiger partial charge in [-0.2, -0.15) is 0 Å². The van der Waals surface area contributed by atoms with Crippen LogP contribution in [0.3, 0.4) is 0 Å². The highest BCUT2D eigenvalue weighted by Gasteiger charge is 2.34. The van der Waals surface area contributed by atoms with Crippen LogP contribution < -0.4 is 5.32 Å². The maximum absolute atomic E-state index is 12.3. The smallest absolute Gasteiger partial charge is 0.261 e. The second kappa shape index (κ2) is 7.89. The number of halogens is 1. The summed E-state index contributed by atoms with van der Waals surface area (Å²) in [6, 6.07) is 11.9. The number of amides is 3. The van der Waals surface area contributed by atoms with E-state index in [2.05, 4.69) is 10.3 Å². The maximum Gasteiger partial charge on any atom is 0.261 e. The Labute approximate surface area is 171 Å². The molecule has 1 aromatic heterocycles. The number of rotatable bonds is 6. The van der Waals surface area contributed by atoms with Crippen molar-refractivity contribution >= 4 is 35.0 Å². The molecule has 29 heavy (non-hydrogen) atoms. The van der Waals surface area contributed by atoms with Crippen LogP contribution in [0.4, 0.5) is 5.69 Å². The predicted octanol–water partition coefficient (Wildman–Crippen LogP) is 3.54. The van der Waals surface area contributed by atoms with Crippen molar-refractivity contribution in [1.82, 2.24) is 14.5 Å². The number of imidazole rings is 1. The van der Waals surface area contributed by atoms with Crippen LogP contribution in [0.25, 0.3) is 5.69 Å². The lowest BCUT2D eigenvalue weighted by atomic mass is 10.1. The molecule has 1 aliphatic rings. The molecule has 2 heterocycles. The van der Waals surface area contributed by atoms with E-state index < -0.39 is 0 Å². The summed E-state index contributed by atoms with van der Waals surface area (Å²) < 4.78 is 1.77. The highest BCUT2D eigenvalue weighted by atomic mass is 35.5. The minimum Gasteiger partial charge on any atom is -0.326 e. The normalized spacial score (nSPS) is 12.9. The Bertz CT molecular complexity index is 1060. The van der Waals surface area contributed by atoms with Crippen molar-refractivity contribution in [2.24, 2.45) is 0 Å².